The molecule has 0 N–H and O–H groups in total. The van der Waals surface area contributed by atoms with E-state index in [4.69, 9.17) is 54.9 Å². The minimum Gasteiger partial charge on any atom is -0.463 e. The number of thioether (sulfide) groups is 3. The van der Waals surface area contributed by atoms with Crippen LogP contribution in [0.1, 0.15) is 165 Å². The van der Waals surface area contributed by atoms with Gasteiger partial charge in [-0.2, -0.15) is 0 Å². The molecule has 1 aromatic rings. The maximum absolute atomic E-state index is 14.2. The molecule has 82 heavy (non-hydrogen) atoms. The van der Waals surface area contributed by atoms with Crippen LogP contribution in [-0.2, 0) is 62.0 Å². The Morgan fingerprint density at radius 1 is 0.549 bits per heavy atom. The first kappa shape index (κ1) is 66.6. The largest absolute Gasteiger partial charge is 0.463 e. The molecular formula is C62H83NO15S4. The number of methoxy groups -OCH3 is 1. The number of carbonyl (C=O) groups is 7. The number of ether oxygens (including phenoxy) is 8. The molecule has 0 amide bonds. The van der Waals surface area contributed by atoms with E-state index in [9.17, 15) is 28.8 Å². The molecular weight excluding hydrogens is 1130 g/mol. The van der Waals surface area contributed by atoms with Crippen LogP contribution in [-0.4, -0.2) is 115 Å². The average molecular weight is 1210 g/mol. The summed E-state index contributed by atoms with van der Waals surface area (Å²) in [5, 5.41) is -0.221. The van der Waals surface area contributed by atoms with E-state index >= 15 is 0 Å². The van der Waals surface area contributed by atoms with Gasteiger partial charge in [-0.25, -0.2) is 4.79 Å². The summed E-state index contributed by atoms with van der Waals surface area (Å²) in [6.45, 7) is 17.3. The van der Waals surface area contributed by atoms with E-state index in [2.05, 4.69) is 26.3 Å². The normalized spacial score (nSPS) is 25.1. The zero-order valence-corrected chi connectivity index (χ0v) is 51.1. The van der Waals surface area contributed by atoms with Gasteiger partial charge in [-0.3, -0.25) is 28.8 Å². The summed E-state index contributed by atoms with van der Waals surface area (Å²) in [5.74, 6) is -2.85. The van der Waals surface area contributed by atoms with Crippen LogP contribution in [0.15, 0.2) is 58.2 Å². The van der Waals surface area contributed by atoms with E-state index in [0.29, 0.717) is 106 Å². The summed E-state index contributed by atoms with van der Waals surface area (Å²) in [4.78, 5) is 91.5. The van der Waals surface area contributed by atoms with Crippen molar-refractivity contribution < 1.29 is 71.5 Å². The molecule has 16 nitrogen and oxygen atoms in total. The van der Waals surface area contributed by atoms with Crippen LogP contribution in [0.3, 0.4) is 0 Å². The predicted molar refractivity (Wildman–Crippen MR) is 323 cm³/mol. The molecule has 4 aliphatic carbocycles. The fourth-order valence-corrected chi connectivity index (χ4v) is 15.0. The van der Waals surface area contributed by atoms with Crippen LogP contribution in [0.5, 0.6) is 11.5 Å². The van der Waals surface area contributed by atoms with Gasteiger partial charge in [0.1, 0.15) is 28.5 Å². The van der Waals surface area contributed by atoms with Gasteiger partial charge in [-0.1, -0.05) is 93.5 Å². The zero-order chi connectivity index (χ0) is 59.0. The van der Waals surface area contributed by atoms with Gasteiger partial charge >= 0.3 is 29.8 Å². The molecule has 20 heteroatoms. The minimum absolute atomic E-state index is 0.129. The lowest BCUT2D eigenvalue weighted by atomic mass is 9.82. The second-order valence-electron chi connectivity index (χ2n) is 21.5. The molecule has 1 saturated heterocycles. The Morgan fingerprint density at radius 2 is 0.927 bits per heavy atom. The topological polar surface area (TPSA) is 197 Å². The number of hydrogen-bond acceptors (Lipinski definition) is 19. The van der Waals surface area contributed by atoms with Crippen molar-refractivity contribution in [2.24, 2.45) is 23.7 Å². The Labute approximate surface area is 502 Å². The van der Waals surface area contributed by atoms with E-state index in [1.54, 1.807) is 31.2 Å². The van der Waals surface area contributed by atoms with Crippen molar-refractivity contribution in [1.29, 1.82) is 0 Å². The Morgan fingerprint density at radius 3 is 1.28 bits per heavy atom. The summed E-state index contributed by atoms with van der Waals surface area (Å²) >= 11 is 8.94. The maximum Gasteiger partial charge on any atom is 0.330 e. The number of unbranched alkanes of at least 4 members (excludes halogenated alkanes) is 6. The molecule has 0 aromatic heterocycles. The van der Waals surface area contributed by atoms with Crippen LogP contribution < -0.4 is 9.47 Å². The summed E-state index contributed by atoms with van der Waals surface area (Å²) in [5.41, 5.74) is 1.21. The van der Waals surface area contributed by atoms with Gasteiger partial charge in [0.05, 0.1) is 56.5 Å². The van der Waals surface area contributed by atoms with Crippen LogP contribution in [0, 0.1) is 23.7 Å². The average Bonchev–Trinajstić information content (AvgIpc) is 4.17. The maximum atomic E-state index is 14.2. The molecule has 2 aliphatic heterocycles. The number of allylic oxidation sites excluding steroid dienone is 1. The van der Waals surface area contributed by atoms with Crippen molar-refractivity contribution in [1.82, 2.24) is 4.90 Å². The summed E-state index contributed by atoms with van der Waals surface area (Å²) in [6.07, 6.45) is 24.4. The molecule has 4 saturated carbocycles. The van der Waals surface area contributed by atoms with Gasteiger partial charge in [-0.15, -0.1) is 0 Å². The standard InChI is InChI=1S/C59H79NO14S4.C3H4O/c1-6-45-46(7-2)50(74-56(65)40-23-19-38(20-24-40)54(63)72-44-31-27-42(28-32-44)69-35-15-11-12-16-36-70-47(61)8-3)52-51(76-58(77-52)48-57(66)78-59(75)60(48)4)49(45)73-55(64)39-21-17-37(18-22-39)53(62)71-43-29-25-41(26-30-43)68-34-14-10-9-13-33-67-5;1-2-3-4/h6-8,37-44H,1-3,9-36H2,4-5H3;2-3H,1H2/b58-48+;. The van der Waals surface area contributed by atoms with Crippen molar-refractivity contribution in [3.05, 3.63) is 59.5 Å². The fourth-order valence-electron chi connectivity index (χ4n) is 11.1. The van der Waals surface area contributed by atoms with E-state index in [-0.39, 0.29) is 64.8 Å². The molecule has 1 aromatic carbocycles. The third kappa shape index (κ3) is 19.5. The van der Waals surface area contributed by atoms with Gasteiger partial charge in [-0.05, 0) is 153 Å². The molecule has 0 spiro atoms. The highest BCUT2D eigenvalue weighted by molar-refractivity contribution is 8.34. The summed E-state index contributed by atoms with van der Waals surface area (Å²) < 4.78 is 48.1. The predicted octanol–water partition coefficient (Wildman–Crippen LogP) is 12.9. The number of aldehydes is 1. The van der Waals surface area contributed by atoms with Gasteiger partial charge in [0.25, 0.3) is 0 Å². The number of likely N-dealkylation sites (N-methyl/N-ethyl adjacent to an activating group) is 1. The first-order valence-corrected chi connectivity index (χ1v) is 32.1. The van der Waals surface area contributed by atoms with Gasteiger partial charge in [0.2, 0.25) is 5.12 Å². The molecule has 7 rings (SSSR count). The summed E-state index contributed by atoms with van der Waals surface area (Å²) in [6, 6.07) is 0. The number of benzene rings is 1. The first-order valence-electron chi connectivity index (χ1n) is 29.2. The number of fused-ring (bicyclic) bond motifs is 1. The second kappa shape index (κ2) is 35.0. The molecule has 2 heterocycles. The van der Waals surface area contributed by atoms with Crippen molar-refractivity contribution in [3.8, 4) is 11.5 Å². The molecule has 0 radical (unpaired) electrons. The SMILES string of the molecule is C=CC(=O)OCCCCCCOC1CCC(OC(=O)C2CCC(C(=O)Oc3c(C=C)c(C=C)c(OC(=O)C4CCC(C(=O)OC5CCC(OCCCCCCOC)CC5)CC4)c4c3S/C(=C3\C(=O)SC(=S)N3C)S4)CC2)CC1.C=CC=O. The quantitative estimate of drug-likeness (QED) is 0.0146. The number of carbonyl (C=O) groups excluding carboxylic acids is 7. The Hall–Kier alpha value is -4.57. The third-order valence-electron chi connectivity index (χ3n) is 15.9. The van der Waals surface area contributed by atoms with E-state index in [1.165, 1.54) is 35.7 Å². The van der Waals surface area contributed by atoms with Crippen LogP contribution in [0.4, 0.5) is 0 Å². The first-order chi connectivity index (χ1) is 39.7. The molecule has 0 unspecified atom stereocenters. The highest BCUT2D eigenvalue weighted by Gasteiger charge is 2.42. The number of rotatable bonds is 28. The smallest absolute Gasteiger partial charge is 0.330 e. The van der Waals surface area contributed by atoms with Crippen molar-refractivity contribution >= 4 is 105 Å². The van der Waals surface area contributed by atoms with Crippen LogP contribution >= 0.6 is 47.5 Å². The highest BCUT2D eigenvalue weighted by atomic mass is 32.2. The molecule has 0 atom stereocenters. The van der Waals surface area contributed by atoms with Gasteiger partial charge in [0.15, 0.2) is 11.5 Å². The fraction of sp³-hybridized carbons (Fsp3) is 0.613. The van der Waals surface area contributed by atoms with Crippen molar-refractivity contribution in [3.63, 3.8) is 0 Å². The monoisotopic (exact) mass is 1210 g/mol. The number of hydrogen-bond donors (Lipinski definition) is 0. The van der Waals surface area contributed by atoms with E-state index in [1.807, 2.05) is 0 Å². The number of nitrogens with zero attached hydrogens (tertiary/aromatic N) is 1. The highest BCUT2D eigenvalue weighted by Crippen LogP contribution is 2.62. The lowest BCUT2D eigenvalue weighted by Gasteiger charge is -2.31. The third-order valence-corrected chi connectivity index (χ3v) is 19.8. The molecule has 6 aliphatic rings. The Balaban J connectivity index is 0.00000261. The second-order valence-corrected chi connectivity index (χ2v) is 25.4. The van der Waals surface area contributed by atoms with Crippen LogP contribution in [0.2, 0.25) is 0 Å². The van der Waals surface area contributed by atoms with Gasteiger partial charge in [0, 0.05) is 51.2 Å². The zero-order valence-electron chi connectivity index (χ0n) is 47.8. The minimum atomic E-state index is -0.485. The van der Waals surface area contributed by atoms with E-state index < -0.39 is 29.7 Å². The lowest BCUT2D eigenvalue weighted by molar-refractivity contribution is -0.160. The van der Waals surface area contributed by atoms with Crippen LogP contribution in [0.25, 0.3) is 12.2 Å². The Kier molecular flexibility index (Phi) is 28.4. The number of esters is 5. The molecule has 450 valence electrons. The van der Waals surface area contributed by atoms with Gasteiger partial charge < -0.3 is 42.8 Å². The van der Waals surface area contributed by atoms with Crippen molar-refractivity contribution in [2.75, 3.05) is 40.6 Å². The molecule has 5 fully saturated rings. The molecule has 0 bridgehead atoms. The van der Waals surface area contributed by atoms with E-state index in [0.717, 1.165) is 128 Å². The summed E-state index contributed by atoms with van der Waals surface area (Å²) in [7, 11) is 3.46. The number of thiocarbonyl (C=S) groups is 1. The van der Waals surface area contributed by atoms with Crippen molar-refractivity contribution in [2.45, 2.75) is 188 Å². The Bertz CT molecular complexity index is 2460. The lowest BCUT2D eigenvalue weighted by Crippen LogP contribution is -2.33.